The van der Waals surface area contributed by atoms with Gasteiger partial charge in [0.05, 0.1) is 5.92 Å². The number of amides is 1. The van der Waals surface area contributed by atoms with Crippen LogP contribution in [0.25, 0.3) is 0 Å². The second kappa shape index (κ2) is 10.0. The van der Waals surface area contributed by atoms with E-state index in [0.717, 1.165) is 35.8 Å². The Balaban J connectivity index is 1.66. The van der Waals surface area contributed by atoms with Gasteiger partial charge in [-0.1, -0.05) is 26.0 Å². The normalized spacial score (nSPS) is 17.9. The number of thiophene rings is 1. The number of rotatable bonds is 8. The minimum atomic E-state index is -3.54. The molecular formula is C22H31N3O3S2. The minimum Gasteiger partial charge on any atom is -0.326 e. The van der Waals surface area contributed by atoms with E-state index in [0.29, 0.717) is 23.6 Å². The van der Waals surface area contributed by atoms with Crippen molar-refractivity contribution in [3.05, 3.63) is 46.8 Å². The van der Waals surface area contributed by atoms with Gasteiger partial charge in [0.2, 0.25) is 5.91 Å². The first-order valence-corrected chi connectivity index (χ1v) is 12.8. The largest absolute Gasteiger partial charge is 0.326 e. The summed E-state index contributed by atoms with van der Waals surface area (Å²) >= 11 is 1.28. The van der Waals surface area contributed by atoms with Crippen molar-refractivity contribution in [3.8, 4) is 0 Å². The molecule has 1 aromatic heterocycles. The molecule has 0 bridgehead atoms. The summed E-state index contributed by atoms with van der Waals surface area (Å²) in [6.07, 6.45) is 1.38. The molecule has 8 heteroatoms. The zero-order valence-electron chi connectivity index (χ0n) is 17.9. The number of hydrogen-bond acceptors (Lipinski definition) is 5. The van der Waals surface area contributed by atoms with Crippen molar-refractivity contribution in [2.45, 2.75) is 44.4 Å². The third kappa shape index (κ3) is 5.49. The summed E-state index contributed by atoms with van der Waals surface area (Å²) in [5, 5.41) is 3.00. The molecule has 1 fully saturated rings. The maximum Gasteiger partial charge on any atom is 0.252 e. The molecule has 1 unspecified atom stereocenters. The Bertz CT molecular complexity index is 968. The van der Waals surface area contributed by atoms with Crippen LogP contribution in [0.15, 0.2) is 40.6 Å². The highest BCUT2D eigenvalue weighted by Gasteiger charge is 2.34. The van der Waals surface area contributed by atoms with Crippen molar-refractivity contribution in [3.63, 3.8) is 0 Å². The minimum absolute atomic E-state index is 0.114. The molecule has 0 aliphatic carbocycles. The van der Waals surface area contributed by atoms with Gasteiger partial charge in [-0.05, 0) is 62.7 Å². The highest BCUT2D eigenvalue weighted by molar-refractivity contribution is 7.91. The smallest absolute Gasteiger partial charge is 0.252 e. The van der Waals surface area contributed by atoms with Gasteiger partial charge in [-0.3, -0.25) is 9.69 Å². The summed E-state index contributed by atoms with van der Waals surface area (Å²) in [6.45, 7) is 9.64. The van der Waals surface area contributed by atoms with Crippen molar-refractivity contribution < 1.29 is 13.2 Å². The van der Waals surface area contributed by atoms with E-state index in [2.05, 4.69) is 30.1 Å². The molecule has 0 spiro atoms. The Labute approximate surface area is 183 Å². The van der Waals surface area contributed by atoms with Crippen LogP contribution in [0.3, 0.4) is 0 Å². The van der Waals surface area contributed by atoms with Crippen LogP contribution < -0.4 is 5.32 Å². The fourth-order valence-electron chi connectivity index (χ4n) is 3.75. The number of nitrogens with one attached hydrogen (secondary N) is 1. The zero-order valence-corrected chi connectivity index (χ0v) is 19.6. The van der Waals surface area contributed by atoms with Gasteiger partial charge < -0.3 is 5.32 Å². The third-order valence-electron chi connectivity index (χ3n) is 5.56. The third-order valence-corrected chi connectivity index (χ3v) is 8.89. The van der Waals surface area contributed by atoms with Gasteiger partial charge in [-0.25, -0.2) is 8.42 Å². The Morgan fingerprint density at radius 1 is 1.23 bits per heavy atom. The molecule has 30 heavy (non-hydrogen) atoms. The molecule has 1 atom stereocenters. The number of piperidine rings is 1. The van der Waals surface area contributed by atoms with E-state index in [9.17, 15) is 13.2 Å². The molecule has 0 radical (unpaired) electrons. The Morgan fingerprint density at radius 3 is 2.67 bits per heavy atom. The van der Waals surface area contributed by atoms with E-state index < -0.39 is 10.0 Å². The van der Waals surface area contributed by atoms with Crippen LogP contribution in [-0.4, -0.2) is 49.7 Å². The molecule has 1 amide bonds. The monoisotopic (exact) mass is 449 g/mol. The number of anilines is 1. The molecule has 1 aliphatic heterocycles. The predicted octanol–water partition coefficient (Wildman–Crippen LogP) is 3.94. The maximum atomic E-state index is 12.9. The van der Waals surface area contributed by atoms with Crippen molar-refractivity contribution in [1.29, 1.82) is 0 Å². The topological polar surface area (TPSA) is 69.7 Å². The van der Waals surface area contributed by atoms with Crippen LogP contribution in [-0.2, 0) is 21.4 Å². The van der Waals surface area contributed by atoms with E-state index in [1.54, 1.807) is 6.07 Å². The first-order chi connectivity index (χ1) is 14.3. The molecule has 1 aromatic carbocycles. The first-order valence-electron chi connectivity index (χ1n) is 10.5. The average molecular weight is 450 g/mol. The maximum absolute atomic E-state index is 12.9. The van der Waals surface area contributed by atoms with Gasteiger partial charge in [0, 0.05) is 30.2 Å². The van der Waals surface area contributed by atoms with E-state index in [-0.39, 0.29) is 18.4 Å². The second-order valence-corrected chi connectivity index (χ2v) is 11.2. The molecule has 2 aromatic rings. The number of nitrogens with zero attached hydrogens (tertiary/aromatic N) is 2. The lowest BCUT2D eigenvalue weighted by Gasteiger charge is -2.30. The fraction of sp³-hybridized carbons (Fsp3) is 0.500. The lowest BCUT2D eigenvalue weighted by molar-refractivity contribution is -0.120. The summed E-state index contributed by atoms with van der Waals surface area (Å²) < 4.78 is 27.7. The number of hydrogen-bond donors (Lipinski definition) is 1. The molecule has 2 heterocycles. The molecule has 3 rings (SSSR count). The van der Waals surface area contributed by atoms with Crippen LogP contribution in [0.2, 0.25) is 0 Å². The van der Waals surface area contributed by atoms with Crippen molar-refractivity contribution in [2.75, 3.05) is 31.5 Å². The van der Waals surface area contributed by atoms with Gasteiger partial charge in [0.1, 0.15) is 4.21 Å². The first kappa shape index (κ1) is 22.9. The quantitative estimate of drug-likeness (QED) is 0.663. The van der Waals surface area contributed by atoms with E-state index >= 15 is 0 Å². The predicted molar refractivity (Wildman–Crippen MR) is 122 cm³/mol. The lowest BCUT2D eigenvalue weighted by atomic mass is 9.98. The van der Waals surface area contributed by atoms with Gasteiger partial charge in [0.25, 0.3) is 10.0 Å². The molecule has 1 aliphatic rings. The summed E-state index contributed by atoms with van der Waals surface area (Å²) in [5.74, 6) is -0.460. The lowest BCUT2D eigenvalue weighted by Crippen LogP contribution is -2.43. The average Bonchev–Trinajstić information content (AvgIpc) is 3.19. The van der Waals surface area contributed by atoms with Crippen LogP contribution in [0, 0.1) is 12.8 Å². The number of carbonyl (C=O) groups excluding carboxylic acids is 1. The van der Waals surface area contributed by atoms with E-state index in [4.69, 9.17) is 0 Å². The fourth-order valence-corrected chi connectivity index (χ4v) is 6.71. The summed E-state index contributed by atoms with van der Waals surface area (Å²) in [6, 6.07) is 11.4. The SMILES string of the molecule is CCN(CC)Cc1cccc(NC(=O)C2CCCN(S(=O)(=O)c3ccc(C)s3)C2)c1. The van der Waals surface area contributed by atoms with Crippen LogP contribution >= 0.6 is 11.3 Å². The number of benzene rings is 1. The molecule has 1 N–H and O–H groups in total. The van der Waals surface area contributed by atoms with Gasteiger partial charge in [-0.15, -0.1) is 11.3 Å². The Hall–Kier alpha value is -1.74. The standard InChI is InChI=1S/C22H31N3O3S2/c1-4-24(5-2)15-18-8-6-10-20(14-18)23-22(26)19-9-7-13-25(16-19)30(27,28)21-12-11-17(3)29-21/h6,8,10-12,14,19H,4-5,7,9,13,15-16H2,1-3H3,(H,23,26). The summed E-state index contributed by atoms with van der Waals surface area (Å²) in [5.41, 5.74) is 1.91. The van der Waals surface area contributed by atoms with Crippen LogP contribution in [0.4, 0.5) is 5.69 Å². The zero-order chi connectivity index (χ0) is 21.7. The van der Waals surface area contributed by atoms with Crippen LogP contribution in [0.5, 0.6) is 0 Å². The van der Waals surface area contributed by atoms with E-state index in [1.807, 2.05) is 31.2 Å². The van der Waals surface area contributed by atoms with Crippen molar-refractivity contribution in [2.24, 2.45) is 5.92 Å². The number of carbonyl (C=O) groups is 1. The van der Waals surface area contributed by atoms with Crippen LogP contribution in [0.1, 0.15) is 37.1 Å². The molecule has 6 nitrogen and oxygen atoms in total. The number of sulfonamides is 1. The highest BCUT2D eigenvalue weighted by Crippen LogP contribution is 2.28. The second-order valence-electron chi connectivity index (χ2n) is 7.72. The summed E-state index contributed by atoms with van der Waals surface area (Å²) in [4.78, 5) is 16.2. The molecule has 1 saturated heterocycles. The van der Waals surface area contributed by atoms with Gasteiger partial charge in [0.15, 0.2) is 0 Å². The number of aryl methyl sites for hydroxylation is 1. The van der Waals surface area contributed by atoms with Gasteiger partial charge in [-0.2, -0.15) is 4.31 Å². The molecular weight excluding hydrogens is 418 g/mol. The van der Waals surface area contributed by atoms with Crippen molar-refractivity contribution in [1.82, 2.24) is 9.21 Å². The van der Waals surface area contributed by atoms with Gasteiger partial charge >= 0.3 is 0 Å². The Morgan fingerprint density at radius 2 is 2.00 bits per heavy atom. The van der Waals surface area contributed by atoms with E-state index in [1.165, 1.54) is 15.6 Å². The molecule has 0 saturated carbocycles. The molecule has 164 valence electrons. The Kier molecular flexibility index (Phi) is 7.68. The highest BCUT2D eigenvalue weighted by atomic mass is 32.2. The summed E-state index contributed by atoms with van der Waals surface area (Å²) in [7, 11) is -3.54. The van der Waals surface area contributed by atoms with Crippen molar-refractivity contribution >= 4 is 33.0 Å².